The lowest BCUT2D eigenvalue weighted by Gasteiger charge is -2.27. The second-order valence-electron chi connectivity index (χ2n) is 7.53. The number of benzene rings is 3. The summed E-state index contributed by atoms with van der Waals surface area (Å²) >= 11 is 0. The summed E-state index contributed by atoms with van der Waals surface area (Å²) in [6, 6.07) is 26.7. The number of carbonyl (C=O) groups is 1. The molecule has 2 aromatic heterocycles. The van der Waals surface area contributed by atoms with Crippen molar-refractivity contribution < 1.29 is 9.53 Å². The molecule has 0 saturated heterocycles. The van der Waals surface area contributed by atoms with E-state index >= 15 is 0 Å². The van der Waals surface area contributed by atoms with Gasteiger partial charge in [0.1, 0.15) is 17.8 Å². The van der Waals surface area contributed by atoms with E-state index in [4.69, 9.17) is 4.74 Å². The zero-order chi connectivity index (χ0) is 21.5. The Morgan fingerprint density at radius 3 is 2.25 bits per heavy atom. The molecule has 6 rings (SSSR count). The van der Waals surface area contributed by atoms with Crippen molar-refractivity contribution in [2.75, 3.05) is 5.32 Å². The van der Waals surface area contributed by atoms with Crippen LogP contribution in [0.15, 0.2) is 91.3 Å². The summed E-state index contributed by atoms with van der Waals surface area (Å²) in [5.74, 6) is 0.855. The molecule has 0 spiro atoms. The van der Waals surface area contributed by atoms with E-state index in [-0.39, 0.29) is 5.91 Å². The van der Waals surface area contributed by atoms with E-state index in [1.54, 1.807) is 10.8 Å². The smallest absolute Gasteiger partial charge is 0.236 e. The topological polar surface area (TPSA) is 81.4 Å². The van der Waals surface area contributed by atoms with Gasteiger partial charge in [0, 0.05) is 22.4 Å². The molecule has 0 saturated carbocycles. The number of anilines is 1. The highest BCUT2D eigenvalue weighted by Gasteiger charge is 2.32. The fourth-order valence-corrected chi connectivity index (χ4v) is 4.01. The summed E-state index contributed by atoms with van der Waals surface area (Å²) in [4.78, 5) is 13.4. The molecule has 0 bridgehead atoms. The Morgan fingerprint density at radius 2 is 1.53 bits per heavy atom. The first-order chi connectivity index (χ1) is 15.8. The lowest BCUT2D eigenvalue weighted by Crippen LogP contribution is -2.25. The van der Waals surface area contributed by atoms with E-state index in [0.29, 0.717) is 22.8 Å². The Balaban J connectivity index is 1.29. The molecule has 1 amide bonds. The predicted molar refractivity (Wildman–Crippen MR) is 120 cm³/mol. The van der Waals surface area contributed by atoms with Crippen LogP contribution in [-0.4, -0.2) is 25.7 Å². The van der Waals surface area contributed by atoms with Crippen LogP contribution in [0, 0.1) is 0 Å². The standard InChI is InChI=1S/C25H17N5O2/c31-25(24-18-5-1-3-7-21(18)32-22-8-4-2-6-19(22)24)27-17-11-9-16(10-12-17)20-13-14-23-28-26-15-30(23)29-20/h1-15,24H,(H,27,31). The maximum Gasteiger partial charge on any atom is 0.236 e. The molecule has 3 heterocycles. The summed E-state index contributed by atoms with van der Waals surface area (Å²) in [6.07, 6.45) is 1.57. The third-order valence-corrected chi connectivity index (χ3v) is 5.55. The molecule has 154 valence electrons. The van der Waals surface area contributed by atoms with Crippen LogP contribution < -0.4 is 10.1 Å². The molecular weight excluding hydrogens is 402 g/mol. The van der Waals surface area contributed by atoms with E-state index in [1.807, 2.05) is 84.9 Å². The Hall–Kier alpha value is -4.52. The van der Waals surface area contributed by atoms with Crippen molar-refractivity contribution in [1.82, 2.24) is 19.8 Å². The molecule has 1 aliphatic heterocycles. The molecule has 3 aromatic carbocycles. The van der Waals surface area contributed by atoms with Crippen molar-refractivity contribution in [3.05, 3.63) is 102 Å². The number of amides is 1. The summed E-state index contributed by atoms with van der Waals surface area (Å²) in [5.41, 5.74) is 4.83. The minimum atomic E-state index is -0.450. The number of hydrogen-bond acceptors (Lipinski definition) is 5. The highest BCUT2D eigenvalue weighted by atomic mass is 16.5. The van der Waals surface area contributed by atoms with Crippen molar-refractivity contribution in [3.63, 3.8) is 0 Å². The zero-order valence-electron chi connectivity index (χ0n) is 16.8. The number of aromatic nitrogens is 4. The van der Waals surface area contributed by atoms with E-state index in [2.05, 4.69) is 20.6 Å². The maximum atomic E-state index is 13.4. The number of fused-ring (bicyclic) bond motifs is 3. The molecule has 0 aliphatic carbocycles. The Kier molecular flexibility index (Phi) is 4.18. The molecule has 0 radical (unpaired) electrons. The van der Waals surface area contributed by atoms with Crippen LogP contribution in [0.3, 0.4) is 0 Å². The van der Waals surface area contributed by atoms with Gasteiger partial charge in [-0.3, -0.25) is 4.79 Å². The zero-order valence-corrected chi connectivity index (χ0v) is 16.8. The van der Waals surface area contributed by atoms with E-state index in [0.717, 1.165) is 22.4 Å². The molecule has 1 aliphatic rings. The second kappa shape index (κ2) is 7.31. The Labute approximate surface area is 183 Å². The first-order valence-corrected chi connectivity index (χ1v) is 10.2. The number of carbonyl (C=O) groups excluding carboxylic acids is 1. The second-order valence-corrected chi connectivity index (χ2v) is 7.53. The summed E-state index contributed by atoms with van der Waals surface area (Å²) in [6.45, 7) is 0. The van der Waals surface area contributed by atoms with Crippen LogP contribution in [0.2, 0.25) is 0 Å². The van der Waals surface area contributed by atoms with Gasteiger partial charge in [0.25, 0.3) is 0 Å². The Morgan fingerprint density at radius 1 is 0.844 bits per heavy atom. The third kappa shape index (κ3) is 3.07. The lowest BCUT2D eigenvalue weighted by molar-refractivity contribution is -0.116. The lowest BCUT2D eigenvalue weighted by atomic mass is 9.87. The van der Waals surface area contributed by atoms with E-state index < -0.39 is 5.92 Å². The minimum absolute atomic E-state index is 0.106. The minimum Gasteiger partial charge on any atom is -0.457 e. The van der Waals surface area contributed by atoms with Gasteiger partial charge in [-0.25, -0.2) is 0 Å². The van der Waals surface area contributed by atoms with Crippen molar-refractivity contribution in [1.29, 1.82) is 0 Å². The first-order valence-electron chi connectivity index (χ1n) is 10.2. The quantitative estimate of drug-likeness (QED) is 0.460. The molecule has 32 heavy (non-hydrogen) atoms. The van der Waals surface area contributed by atoms with Gasteiger partial charge in [-0.15, -0.1) is 10.2 Å². The number of para-hydroxylation sites is 2. The van der Waals surface area contributed by atoms with Crippen molar-refractivity contribution in [2.45, 2.75) is 5.92 Å². The van der Waals surface area contributed by atoms with Crippen LogP contribution in [0.5, 0.6) is 11.5 Å². The maximum absolute atomic E-state index is 13.4. The molecule has 0 unspecified atom stereocenters. The monoisotopic (exact) mass is 419 g/mol. The summed E-state index contributed by atoms with van der Waals surface area (Å²) in [5, 5.41) is 15.4. The van der Waals surface area contributed by atoms with Crippen LogP contribution in [0.1, 0.15) is 17.0 Å². The van der Waals surface area contributed by atoms with Gasteiger partial charge in [-0.1, -0.05) is 48.5 Å². The van der Waals surface area contributed by atoms with E-state index in [9.17, 15) is 4.79 Å². The van der Waals surface area contributed by atoms with E-state index in [1.165, 1.54) is 0 Å². The number of rotatable bonds is 3. The average Bonchev–Trinajstić information content (AvgIpc) is 3.31. The van der Waals surface area contributed by atoms with Crippen molar-refractivity contribution >= 4 is 17.2 Å². The highest BCUT2D eigenvalue weighted by Crippen LogP contribution is 2.44. The molecule has 7 heteroatoms. The summed E-state index contributed by atoms with van der Waals surface area (Å²) < 4.78 is 7.63. The highest BCUT2D eigenvalue weighted by molar-refractivity contribution is 5.99. The predicted octanol–water partition coefficient (Wildman–Crippen LogP) is 4.67. The van der Waals surface area contributed by atoms with Crippen LogP contribution in [-0.2, 0) is 4.79 Å². The van der Waals surface area contributed by atoms with Crippen LogP contribution in [0.4, 0.5) is 5.69 Å². The van der Waals surface area contributed by atoms with Crippen molar-refractivity contribution in [2.24, 2.45) is 0 Å². The normalized spacial score (nSPS) is 12.6. The number of nitrogens with zero attached hydrogens (tertiary/aromatic N) is 4. The van der Waals surface area contributed by atoms with Gasteiger partial charge in [-0.2, -0.15) is 9.61 Å². The van der Waals surface area contributed by atoms with Crippen molar-refractivity contribution in [3.8, 4) is 22.8 Å². The third-order valence-electron chi connectivity index (χ3n) is 5.55. The molecule has 1 N–H and O–H groups in total. The molecular formula is C25H17N5O2. The molecule has 5 aromatic rings. The van der Waals surface area contributed by atoms with Gasteiger partial charge < -0.3 is 10.1 Å². The van der Waals surface area contributed by atoms with Gasteiger partial charge in [-0.05, 0) is 36.4 Å². The fraction of sp³-hybridized carbons (Fsp3) is 0.0400. The SMILES string of the molecule is O=C(Nc1ccc(-c2ccc3nncn3n2)cc1)C1c2ccccc2Oc2ccccc21. The fourth-order valence-electron chi connectivity index (χ4n) is 4.01. The van der Waals surface area contributed by atoms with Gasteiger partial charge >= 0.3 is 0 Å². The van der Waals surface area contributed by atoms with Crippen LogP contribution in [0.25, 0.3) is 16.9 Å². The summed E-state index contributed by atoms with van der Waals surface area (Å²) in [7, 11) is 0. The number of ether oxygens (including phenoxy) is 1. The molecule has 7 nitrogen and oxygen atoms in total. The average molecular weight is 419 g/mol. The molecule has 0 fully saturated rings. The largest absolute Gasteiger partial charge is 0.457 e. The van der Waals surface area contributed by atoms with Gasteiger partial charge in [0.2, 0.25) is 5.91 Å². The number of nitrogens with one attached hydrogen (secondary N) is 1. The number of hydrogen-bond donors (Lipinski definition) is 1. The van der Waals surface area contributed by atoms with Crippen LogP contribution >= 0.6 is 0 Å². The first kappa shape index (κ1) is 18.3. The van der Waals surface area contributed by atoms with Gasteiger partial charge in [0.05, 0.1) is 11.6 Å². The molecule has 0 atom stereocenters. The Bertz CT molecular complexity index is 1410. The van der Waals surface area contributed by atoms with Gasteiger partial charge in [0.15, 0.2) is 5.65 Å².